The van der Waals surface area contributed by atoms with E-state index in [1.54, 1.807) is 23.9 Å². The minimum Gasteiger partial charge on any atom is -0.370 e. The number of rotatable bonds is 1. The fourth-order valence-electron chi connectivity index (χ4n) is 1.38. The second kappa shape index (κ2) is 4.54. The maximum absolute atomic E-state index is 11.6. The van der Waals surface area contributed by atoms with Crippen molar-refractivity contribution < 1.29 is 9.53 Å². The van der Waals surface area contributed by atoms with Crippen molar-refractivity contribution in [2.45, 2.75) is 11.5 Å². The third-order valence-electron chi connectivity index (χ3n) is 2.10. The first-order valence-electron chi connectivity index (χ1n) is 4.64. The highest BCUT2D eigenvalue weighted by molar-refractivity contribution is 7.99. The number of nitrogens with zero attached hydrogens (tertiary/aromatic N) is 1. The number of fused-ring (bicyclic) bond motifs is 1. The SMILES string of the molecule is NC(N)=NC(=O)c1ccc2c(c1)SCOC2. The summed E-state index contributed by atoms with van der Waals surface area (Å²) in [5, 5.41) is 0. The summed E-state index contributed by atoms with van der Waals surface area (Å²) in [6.45, 7) is 0.582. The van der Waals surface area contributed by atoms with Gasteiger partial charge in [-0.2, -0.15) is 4.99 Å². The van der Waals surface area contributed by atoms with E-state index in [2.05, 4.69) is 4.99 Å². The van der Waals surface area contributed by atoms with Gasteiger partial charge in [0.1, 0.15) is 0 Å². The molecule has 0 atom stereocenters. The predicted octanol–water partition coefficient (Wildman–Crippen LogP) is 0.680. The van der Waals surface area contributed by atoms with Crippen LogP contribution in [0.25, 0.3) is 0 Å². The third-order valence-corrected chi connectivity index (χ3v) is 3.08. The summed E-state index contributed by atoms with van der Waals surface area (Å²) in [5.74, 6) is -0.0407. The second-order valence-corrected chi connectivity index (χ2v) is 4.24. The third kappa shape index (κ3) is 2.34. The molecule has 5 nitrogen and oxygen atoms in total. The molecular weight excluding hydrogens is 226 g/mol. The number of carbonyl (C=O) groups excluding carboxylic acids is 1. The van der Waals surface area contributed by atoms with E-state index in [-0.39, 0.29) is 5.96 Å². The Morgan fingerprint density at radius 1 is 1.44 bits per heavy atom. The number of guanidine groups is 1. The smallest absolute Gasteiger partial charge is 0.280 e. The molecule has 1 aromatic rings. The zero-order valence-corrected chi connectivity index (χ0v) is 9.29. The van der Waals surface area contributed by atoms with Gasteiger partial charge in [-0.1, -0.05) is 17.8 Å². The average molecular weight is 237 g/mol. The van der Waals surface area contributed by atoms with Gasteiger partial charge in [0.25, 0.3) is 5.91 Å². The molecule has 16 heavy (non-hydrogen) atoms. The van der Waals surface area contributed by atoms with Crippen LogP contribution < -0.4 is 11.5 Å². The van der Waals surface area contributed by atoms with Gasteiger partial charge in [0, 0.05) is 10.5 Å². The van der Waals surface area contributed by atoms with Gasteiger partial charge in [0.2, 0.25) is 0 Å². The van der Waals surface area contributed by atoms with Crippen LogP contribution >= 0.6 is 11.8 Å². The quantitative estimate of drug-likeness (QED) is 0.553. The Morgan fingerprint density at radius 3 is 3.00 bits per heavy atom. The molecule has 1 aliphatic rings. The van der Waals surface area contributed by atoms with Gasteiger partial charge in [0.05, 0.1) is 12.5 Å². The molecule has 1 aliphatic heterocycles. The molecule has 0 radical (unpaired) electrons. The van der Waals surface area contributed by atoms with Crippen molar-refractivity contribution in [3.05, 3.63) is 29.3 Å². The number of benzene rings is 1. The number of hydrogen-bond acceptors (Lipinski definition) is 3. The number of thioether (sulfide) groups is 1. The Hall–Kier alpha value is -1.53. The van der Waals surface area contributed by atoms with Gasteiger partial charge >= 0.3 is 0 Å². The molecule has 0 fully saturated rings. The first-order chi connectivity index (χ1) is 7.66. The Bertz CT molecular complexity index is 455. The number of aliphatic imine (C=N–C) groups is 1. The van der Waals surface area contributed by atoms with Crippen LogP contribution in [-0.4, -0.2) is 17.8 Å². The number of ether oxygens (including phenoxy) is 1. The summed E-state index contributed by atoms with van der Waals surface area (Å²) in [7, 11) is 0. The zero-order valence-electron chi connectivity index (χ0n) is 8.47. The number of nitrogens with two attached hydrogens (primary N) is 2. The van der Waals surface area contributed by atoms with Gasteiger partial charge in [-0.15, -0.1) is 0 Å². The highest BCUT2D eigenvalue weighted by Crippen LogP contribution is 2.29. The number of carbonyl (C=O) groups is 1. The van der Waals surface area contributed by atoms with Crippen LogP contribution in [0.15, 0.2) is 28.1 Å². The topological polar surface area (TPSA) is 90.7 Å². The van der Waals surface area contributed by atoms with E-state index in [4.69, 9.17) is 16.2 Å². The van der Waals surface area contributed by atoms with Gasteiger partial charge in [-0.3, -0.25) is 4.79 Å². The van der Waals surface area contributed by atoms with Crippen molar-refractivity contribution in [2.24, 2.45) is 16.5 Å². The summed E-state index contributed by atoms with van der Waals surface area (Å²) in [6.07, 6.45) is 0. The summed E-state index contributed by atoms with van der Waals surface area (Å²) >= 11 is 1.55. The van der Waals surface area contributed by atoms with E-state index >= 15 is 0 Å². The molecular formula is C10H11N3O2S. The van der Waals surface area contributed by atoms with Crippen molar-refractivity contribution in [1.29, 1.82) is 0 Å². The molecule has 84 valence electrons. The number of hydrogen-bond donors (Lipinski definition) is 2. The van der Waals surface area contributed by atoms with Gasteiger partial charge in [-0.05, 0) is 17.7 Å². The minimum atomic E-state index is -0.421. The lowest BCUT2D eigenvalue weighted by atomic mass is 10.1. The van der Waals surface area contributed by atoms with Crippen LogP contribution in [0.2, 0.25) is 0 Å². The van der Waals surface area contributed by atoms with Crippen molar-refractivity contribution in [3.8, 4) is 0 Å². The van der Waals surface area contributed by atoms with Gasteiger partial charge in [0.15, 0.2) is 5.96 Å². The van der Waals surface area contributed by atoms with Crippen molar-refractivity contribution >= 4 is 23.6 Å². The van der Waals surface area contributed by atoms with Crippen LogP contribution in [0.4, 0.5) is 0 Å². The molecule has 1 amide bonds. The molecule has 0 saturated heterocycles. The lowest BCUT2D eigenvalue weighted by Gasteiger charge is -2.15. The molecule has 1 aromatic carbocycles. The van der Waals surface area contributed by atoms with Crippen LogP contribution in [0.1, 0.15) is 15.9 Å². The summed E-state index contributed by atoms with van der Waals surface area (Å²) in [4.78, 5) is 16.1. The van der Waals surface area contributed by atoms with Crippen LogP contribution in [0.5, 0.6) is 0 Å². The van der Waals surface area contributed by atoms with Crippen molar-refractivity contribution in [3.63, 3.8) is 0 Å². The largest absolute Gasteiger partial charge is 0.370 e. The number of amides is 1. The second-order valence-electron chi connectivity index (χ2n) is 3.27. The fraction of sp³-hybridized carbons (Fsp3) is 0.200. The maximum Gasteiger partial charge on any atom is 0.280 e. The molecule has 0 spiro atoms. The van der Waals surface area contributed by atoms with Gasteiger partial charge < -0.3 is 16.2 Å². The monoisotopic (exact) mass is 237 g/mol. The van der Waals surface area contributed by atoms with E-state index in [9.17, 15) is 4.79 Å². The maximum atomic E-state index is 11.6. The normalized spacial score (nSPS) is 14.0. The van der Waals surface area contributed by atoms with Gasteiger partial charge in [-0.25, -0.2) is 0 Å². The molecule has 2 rings (SSSR count). The lowest BCUT2D eigenvalue weighted by molar-refractivity contribution is 0.100. The first kappa shape index (κ1) is 11.0. The average Bonchev–Trinajstić information content (AvgIpc) is 2.27. The Labute approximate surface area is 96.9 Å². The van der Waals surface area contributed by atoms with Crippen molar-refractivity contribution in [2.75, 3.05) is 5.94 Å². The van der Waals surface area contributed by atoms with E-state index in [0.29, 0.717) is 18.1 Å². The molecule has 0 aromatic heterocycles. The fourth-order valence-corrected chi connectivity index (χ4v) is 2.20. The van der Waals surface area contributed by atoms with Crippen molar-refractivity contribution in [1.82, 2.24) is 0 Å². The van der Waals surface area contributed by atoms with E-state index in [1.165, 1.54) is 0 Å². The minimum absolute atomic E-state index is 0.223. The first-order valence-corrected chi connectivity index (χ1v) is 5.63. The summed E-state index contributed by atoms with van der Waals surface area (Å²) in [5.41, 5.74) is 11.9. The molecule has 4 N–H and O–H groups in total. The summed E-state index contributed by atoms with van der Waals surface area (Å²) < 4.78 is 5.27. The Balaban J connectivity index is 2.30. The standard InChI is InChI=1S/C10H11N3O2S/c11-10(12)13-9(14)6-1-2-7-4-15-5-16-8(7)3-6/h1-3H,4-5H2,(H4,11,12,13,14). The summed E-state index contributed by atoms with van der Waals surface area (Å²) in [6, 6.07) is 5.34. The van der Waals surface area contributed by atoms with E-state index < -0.39 is 5.91 Å². The van der Waals surface area contributed by atoms with E-state index in [1.807, 2.05) is 6.07 Å². The molecule has 1 heterocycles. The molecule has 6 heteroatoms. The molecule has 0 aliphatic carbocycles. The van der Waals surface area contributed by atoms with Crippen LogP contribution in [0.3, 0.4) is 0 Å². The molecule has 0 bridgehead atoms. The Morgan fingerprint density at radius 2 is 2.25 bits per heavy atom. The van der Waals surface area contributed by atoms with Crippen LogP contribution in [0, 0.1) is 0 Å². The zero-order chi connectivity index (χ0) is 11.5. The van der Waals surface area contributed by atoms with Crippen LogP contribution in [-0.2, 0) is 11.3 Å². The predicted molar refractivity (Wildman–Crippen MR) is 62.1 cm³/mol. The molecule has 0 unspecified atom stereocenters. The Kier molecular flexibility index (Phi) is 3.12. The molecule has 0 saturated carbocycles. The highest BCUT2D eigenvalue weighted by atomic mass is 32.2. The lowest BCUT2D eigenvalue weighted by Crippen LogP contribution is -2.24. The highest BCUT2D eigenvalue weighted by Gasteiger charge is 2.13. The van der Waals surface area contributed by atoms with E-state index in [0.717, 1.165) is 10.5 Å².